The molecule has 2 amide bonds. The van der Waals surface area contributed by atoms with Crippen molar-refractivity contribution in [1.29, 1.82) is 0 Å². The number of rotatable bonds is 2. The van der Waals surface area contributed by atoms with E-state index in [1.165, 1.54) is 6.20 Å². The molecule has 4 N–H and O–H groups in total. The third-order valence-corrected chi connectivity index (χ3v) is 2.97. The Morgan fingerprint density at radius 3 is 2.75 bits per heavy atom. The molecule has 1 aromatic carbocycles. The van der Waals surface area contributed by atoms with Gasteiger partial charge in [0.1, 0.15) is 0 Å². The second-order valence-electron chi connectivity index (χ2n) is 4.11. The maximum atomic E-state index is 11.6. The molecule has 0 aliphatic carbocycles. The molecule has 0 bridgehead atoms. The molecule has 100 valence electrons. The highest BCUT2D eigenvalue weighted by Gasteiger charge is 2.26. The summed E-state index contributed by atoms with van der Waals surface area (Å²) in [4.78, 5) is 30.7. The minimum atomic E-state index is -0.428. The van der Waals surface area contributed by atoms with Gasteiger partial charge in [-0.3, -0.25) is 14.9 Å². The number of imide groups is 1. The van der Waals surface area contributed by atoms with Crippen molar-refractivity contribution >= 4 is 40.6 Å². The van der Waals surface area contributed by atoms with Crippen molar-refractivity contribution < 1.29 is 9.59 Å². The van der Waals surface area contributed by atoms with E-state index in [-0.39, 0.29) is 5.28 Å². The molecular formula is C12H8ClN5O2. The predicted molar refractivity (Wildman–Crippen MR) is 73.0 cm³/mol. The Kier molecular flexibility index (Phi) is 2.76. The lowest BCUT2D eigenvalue weighted by Gasteiger charge is -2.08. The van der Waals surface area contributed by atoms with E-state index in [1.54, 1.807) is 18.2 Å². The summed E-state index contributed by atoms with van der Waals surface area (Å²) < 4.78 is 0. The average molecular weight is 290 g/mol. The molecule has 0 saturated carbocycles. The molecule has 2 heterocycles. The molecule has 0 atom stereocenters. The van der Waals surface area contributed by atoms with Gasteiger partial charge in [-0.25, -0.2) is 4.98 Å². The standard InChI is InChI=1S/C12H8ClN5O2/c13-12-15-4-8(14)9(17-12)16-5-1-2-6-7(3-5)11(20)18-10(6)19/h1-4H,14H2,(H,15,16,17)(H,18,19,20). The molecule has 20 heavy (non-hydrogen) atoms. The lowest BCUT2D eigenvalue weighted by Crippen LogP contribution is -2.19. The van der Waals surface area contributed by atoms with Gasteiger partial charge < -0.3 is 11.1 Å². The van der Waals surface area contributed by atoms with Gasteiger partial charge in [0.05, 0.1) is 23.0 Å². The van der Waals surface area contributed by atoms with Gasteiger partial charge in [-0.15, -0.1) is 0 Å². The van der Waals surface area contributed by atoms with E-state index in [1.807, 2.05) is 0 Å². The molecule has 0 unspecified atom stereocenters. The quantitative estimate of drug-likeness (QED) is 0.568. The lowest BCUT2D eigenvalue weighted by atomic mass is 10.1. The van der Waals surface area contributed by atoms with Crippen LogP contribution in [0.2, 0.25) is 5.28 Å². The first kappa shape index (κ1) is 12.4. The summed E-state index contributed by atoms with van der Waals surface area (Å²) in [7, 11) is 0. The van der Waals surface area contributed by atoms with Gasteiger partial charge in [-0.1, -0.05) is 0 Å². The highest BCUT2D eigenvalue weighted by Crippen LogP contribution is 2.25. The van der Waals surface area contributed by atoms with Gasteiger partial charge in [0.25, 0.3) is 11.8 Å². The van der Waals surface area contributed by atoms with Crippen LogP contribution in [0, 0.1) is 0 Å². The zero-order chi connectivity index (χ0) is 14.3. The van der Waals surface area contributed by atoms with Crippen molar-refractivity contribution in [2.45, 2.75) is 0 Å². The Morgan fingerprint density at radius 1 is 1.20 bits per heavy atom. The average Bonchev–Trinajstić information content (AvgIpc) is 2.69. The summed E-state index contributed by atoms with van der Waals surface area (Å²) in [6.45, 7) is 0. The van der Waals surface area contributed by atoms with Crippen LogP contribution in [-0.2, 0) is 0 Å². The number of fused-ring (bicyclic) bond motifs is 1. The summed E-state index contributed by atoms with van der Waals surface area (Å²) >= 11 is 5.69. The van der Waals surface area contributed by atoms with Crippen LogP contribution in [0.15, 0.2) is 24.4 Å². The van der Waals surface area contributed by atoms with E-state index in [2.05, 4.69) is 20.6 Å². The first-order valence-corrected chi connectivity index (χ1v) is 5.97. The number of benzene rings is 1. The second-order valence-corrected chi connectivity index (χ2v) is 4.45. The maximum absolute atomic E-state index is 11.6. The van der Waals surface area contributed by atoms with E-state index >= 15 is 0 Å². The zero-order valence-electron chi connectivity index (χ0n) is 9.98. The molecule has 0 fully saturated rings. The first-order chi connectivity index (χ1) is 9.54. The molecule has 1 aromatic heterocycles. The molecule has 1 aliphatic heterocycles. The number of nitrogen functional groups attached to an aromatic ring is 1. The third kappa shape index (κ3) is 2.04. The van der Waals surface area contributed by atoms with Crippen LogP contribution in [-0.4, -0.2) is 21.8 Å². The Bertz CT molecular complexity index is 747. The van der Waals surface area contributed by atoms with Crippen molar-refractivity contribution in [2.24, 2.45) is 0 Å². The molecule has 3 rings (SSSR count). The van der Waals surface area contributed by atoms with E-state index < -0.39 is 11.8 Å². The second kappa shape index (κ2) is 4.46. The van der Waals surface area contributed by atoms with Crippen LogP contribution in [0.25, 0.3) is 0 Å². The van der Waals surface area contributed by atoms with Crippen molar-refractivity contribution in [1.82, 2.24) is 15.3 Å². The number of nitrogens with two attached hydrogens (primary N) is 1. The summed E-state index contributed by atoms with van der Waals surface area (Å²) in [5.74, 6) is -0.502. The number of amides is 2. The largest absolute Gasteiger partial charge is 0.394 e. The smallest absolute Gasteiger partial charge is 0.259 e. The van der Waals surface area contributed by atoms with Crippen LogP contribution in [0.5, 0.6) is 0 Å². The Balaban J connectivity index is 1.97. The van der Waals surface area contributed by atoms with Crippen LogP contribution in [0.1, 0.15) is 20.7 Å². The molecule has 0 radical (unpaired) electrons. The number of hydrogen-bond acceptors (Lipinski definition) is 6. The number of halogens is 1. The Labute approximate surface area is 118 Å². The number of carbonyl (C=O) groups is 2. The van der Waals surface area contributed by atoms with E-state index in [4.69, 9.17) is 17.3 Å². The fraction of sp³-hybridized carbons (Fsp3) is 0. The number of carbonyl (C=O) groups excluding carboxylic acids is 2. The minimum Gasteiger partial charge on any atom is -0.394 e. The fourth-order valence-electron chi connectivity index (χ4n) is 1.85. The molecule has 0 saturated heterocycles. The fourth-order valence-corrected chi connectivity index (χ4v) is 1.99. The van der Waals surface area contributed by atoms with Gasteiger partial charge in [0.2, 0.25) is 5.28 Å². The number of nitrogens with one attached hydrogen (secondary N) is 2. The molecule has 0 spiro atoms. The highest BCUT2D eigenvalue weighted by molar-refractivity contribution is 6.28. The number of hydrogen-bond donors (Lipinski definition) is 3. The summed E-state index contributed by atoms with van der Waals surface area (Å²) in [6.07, 6.45) is 1.38. The van der Waals surface area contributed by atoms with Crippen LogP contribution in [0.3, 0.4) is 0 Å². The Morgan fingerprint density at radius 2 is 1.95 bits per heavy atom. The maximum Gasteiger partial charge on any atom is 0.259 e. The lowest BCUT2D eigenvalue weighted by molar-refractivity contribution is 0.0879. The molecule has 2 aromatic rings. The summed E-state index contributed by atoms with van der Waals surface area (Å²) in [5, 5.41) is 5.19. The van der Waals surface area contributed by atoms with Gasteiger partial charge in [0.15, 0.2) is 5.82 Å². The SMILES string of the molecule is Nc1cnc(Cl)nc1Nc1ccc2c(c1)C(=O)NC2=O. The van der Waals surface area contributed by atoms with Crippen LogP contribution < -0.4 is 16.4 Å². The van der Waals surface area contributed by atoms with Crippen molar-refractivity contribution in [3.05, 3.63) is 40.8 Å². The third-order valence-electron chi connectivity index (χ3n) is 2.79. The van der Waals surface area contributed by atoms with Crippen LogP contribution >= 0.6 is 11.6 Å². The topological polar surface area (TPSA) is 110 Å². The van der Waals surface area contributed by atoms with E-state index in [0.29, 0.717) is 28.3 Å². The molecule has 1 aliphatic rings. The molecule has 8 heteroatoms. The molecular weight excluding hydrogens is 282 g/mol. The predicted octanol–water partition coefficient (Wildman–Crippen LogP) is 1.34. The van der Waals surface area contributed by atoms with Crippen molar-refractivity contribution in [3.63, 3.8) is 0 Å². The first-order valence-electron chi connectivity index (χ1n) is 5.59. The van der Waals surface area contributed by atoms with Crippen LogP contribution in [0.4, 0.5) is 17.2 Å². The van der Waals surface area contributed by atoms with Gasteiger partial charge in [0, 0.05) is 5.69 Å². The number of aromatic nitrogens is 2. The monoisotopic (exact) mass is 289 g/mol. The van der Waals surface area contributed by atoms with E-state index in [0.717, 1.165) is 0 Å². The number of anilines is 3. The van der Waals surface area contributed by atoms with Crippen molar-refractivity contribution in [3.8, 4) is 0 Å². The highest BCUT2D eigenvalue weighted by atomic mass is 35.5. The summed E-state index contributed by atoms with van der Waals surface area (Å²) in [6, 6.07) is 4.74. The summed E-state index contributed by atoms with van der Waals surface area (Å²) in [5.41, 5.74) is 7.25. The van der Waals surface area contributed by atoms with Gasteiger partial charge >= 0.3 is 0 Å². The number of nitrogens with zero attached hydrogens (tertiary/aromatic N) is 2. The van der Waals surface area contributed by atoms with Gasteiger partial charge in [-0.05, 0) is 29.8 Å². The minimum absolute atomic E-state index is 0.0516. The van der Waals surface area contributed by atoms with Gasteiger partial charge in [-0.2, -0.15) is 4.98 Å². The Hall–Kier alpha value is -2.67. The normalized spacial score (nSPS) is 13.1. The zero-order valence-corrected chi connectivity index (χ0v) is 10.7. The molecule has 7 nitrogen and oxygen atoms in total. The van der Waals surface area contributed by atoms with E-state index in [9.17, 15) is 9.59 Å². The van der Waals surface area contributed by atoms with Crippen molar-refractivity contribution in [2.75, 3.05) is 11.1 Å².